The molecule has 1 N–H and O–H groups in total. The third-order valence-electron chi connectivity index (χ3n) is 4.90. The van der Waals surface area contributed by atoms with Crippen molar-refractivity contribution in [3.8, 4) is 17.1 Å². The Morgan fingerprint density at radius 1 is 1.25 bits per heavy atom. The topological polar surface area (TPSA) is 99.1 Å². The second-order valence-electron chi connectivity index (χ2n) is 6.96. The second-order valence-corrected chi connectivity index (χ2v) is 7.91. The number of aromatic nitrogens is 4. The quantitative estimate of drug-likeness (QED) is 0.212. The average molecular weight is 455 g/mol. The van der Waals surface area contributed by atoms with E-state index in [1.807, 2.05) is 28.8 Å². The minimum atomic E-state index is -0.433. The van der Waals surface area contributed by atoms with Crippen molar-refractivity contribution in [3.05, 3.63) is 59.4 Å². The predicted molar refractivity (Wildman–Crippen MR) is 123 cm³/mol. The van der Waals surface area contributed by atoms with Gasteiger partial charge in [0.15, 0.2) is 16.8 Å². The molecular weight excluding hydrogens is 428 g/mol. The SMILES string of the molecule is C=CCn1c(SCC(=O)c2[nH]c(C)c(C(=O)OCC)c2C)nnc1-c1ccccc1OC. The molecule has 0 aliphatic carbocycles. The number of benzene rings is 1. The van der Waals surface area contributed by atoms with Crippen LogP contribution in [0.1, 0.15) is 39.0 Å². The molecule has 0 aliphatic heterocycles. The maximum Gasteiger partial charge on any atom is 0.340 e. The molecule has 9 heteroatoms. The van der Waals surface area contributed by atoms with Crippen LogP contribution in [0.25, 0.3) is 11.4 Å². The molecule has 2 heterocycles. The summed E-state index contributed by atoms with van der Waals surface area (Å²) in [6, 6.07) is 7.55. The van der Waals surface area contributed by atoms with Gasteiger partial charge in [-0.1, -0.05) is 30.0 Å². The second kappa shape index (κ2) is 10.3. The van der Waals surface area contributed by atoms with Crippen LogP contribution in [-0.4, -0.2) is 51.0 Å². The van der Waals surface area contributed by atoms with E-state index in [0.29, 0.717) is 45.8 Å². The van der Waals surface area contributed by atoms with Gasteiger partial charge in [0.1, 0.15) is 5.75 Å². The lowest BCUT2D eigenvalue weighted by atomic mass is 10.1. The maximum absolute atomic E-state index is 12.9. The molecule has 0 saturated carbocycles. The molecule has 3 aromatic rings. The van der Waals surface area contributed by atoms with Crippen LogP contribution in [0.3, 0.4) is 0 Å². The summed E-state index contributed by atoms with van der Waals surface area (Å²) in [7, 11) is 1.60. The largest absolute Gasteiger partial charge is 0.496 e. The van der Waals surface area contributed by atoms with Crippen molar-refractivity contribution in [1.82, 2.24) is 19.7 Å². The number of nitrogens with zero attached hydrogens (tertiary/aromatic N) is 3. The number of carbonyl (C=O) groups excluding carboxylic acids is 2. The Labute approximate surface area is 191 Å². The Hall–Kier alpha value is -3.33. The zero-order valence-corrected chi connectivity index (χ0v) is 19.4. The van der Waals surface area contributed by atoms with Crippen molar-refractivity contribution in [3.63, 3.8) is 0 Å². The molecule has 32 heavy (non-hydrogen) atoms. The summed E-state index contributed by atoms with van der Waals surface area (Å²) in [5.74, 6) is 0.871. The number of Topliss-reactive ketones (excluding diaryl/α,β-unsaturated/α-hetero) is 1. The van der Waals surface area contributed by atoms with E-state index in [2.05, 4.69) is 21.8 Å². The number of thioether (sulfide) groups is 1. The van der Waals surface area contributed by atoms with Gasteiger partial charge in [-0.2, -0.15) is 0 Å². The van der Waals surface area contributed by atoms with E-state index in [4.69, 9.17) is 9.47 Å². The number of allylic oxidation sites excluding steroid dienone is 1. The number of H-pyrrole nitrogens is 1. The smallest absolute Gasteiger partial charge is 0.340 e. The number of esters is 1. The number of hydrogen-bond donors (Lipinski definition) is 1. The summed E-state index contributed by atoms with van der Waals surface area (Å²) >= 11 is 1.28. The van der Waals surface area contributed by atoms with Crippen LogP contribution in [0, 0.1) is 13.8 Å². The van der Waals surface area contributed by atoms with Crippen molar-refractivity contribution in [2.75, 3.05) is 19.5 Å². The van der Waals surface area contributed by atoms with E-state index in [1.165, 1.54) is 11.8 Å². The van der Waals surface area contributed by atoms with E-state index < -0.39 is 5.97 Å². The number of methoxy groups -OCH3 is 1. The first-order valence-corrected chi connectivity index (χ1v) is 11.1. The Morgan fingerprint density at radius 2 is 2.00 bits per heavy atom. The summed E-state index contributed by atoms with van der Waals surface area (Å²) < 4.78 is 12.4. The number of aromatic amines is 1. The van der Waals surface area contributed by atoms with Gasteiger partial charge >= 0.3 is 5.97 Å². The van der Waals surface area contributed by atoms with Gasteiger partial charge in [-0.3, -0.25) is 9.36 Å². The molecule has 8 nitrogen and oxygen atoms in total. The highest BCUT2D eigenvalue weighted by Crippen LogP contribution is 2.31. The van der Waals surface area contributed by atoms with Gasteiger partial charge in [-0.25, -0.2) is 4.79 Å². The number of hydrogen-bond acceptors (Lipinski definition) is 7. The van der Waals surface area contributed by atoms with Crippen molar-refractivity contribution in [2.24, 2.45) is 0 Å². The lowest BCUT2D eigenvalue weighted by Crippen LogP contribution is -2.09. The van der Waals surface area contributed by atoms with E-state index >= 15 is 0 Å². The summed E-state index contributed by atoms with van der Waals surface area (Å²) in [5.41, 5.74) is 2.82. The molecule has 0 fully saturated rings. The normalized spacial score (nSPS) is 10.8. The highest BCUT2D eigenvalue weighted by Gasteiger charge is 2.24. The van der Waals surface area contributed by atoms with Gasteiger partial charge in [0, 0.05) is 12.2 Å². The van der Waals surface area contributed by atoms with Crippen LogP contribution < -0.4 is 4.74 Å². The Kier molecular flexibility index (Phi) is 7.53. The lowest BCUT2D eigenvalue weighted by molar-refractivity contribution is 0.0525. The van der Waals surface area contributed by atoms with Crippen LogP contribution >= 0.6 is 11.8 Å². The zero-order valence-electron chi connectivity index (χ0n) is 18.6. The summed E-state index contributed by atoms with van der Waals surface area (Å²) in [4.78, 5) is 28.2. The summed E-state index contributed by atoms with van der Waals surface area (Å²) in [5, 5.41) is 9.20. The fourth-order valence-corrected chi connectivity index (χ4v) is 4.28. The van der Waals surface area contributed by atoms with Gasteiger partial charge < -0.3 is 14.5 Å². The third-order valence-corrected chi connectivity index (χ3v) is 5.87. The Bertz CT molecular complexity index is 1150. The number of ether oxygens (including phenoxy) is 2. The summed E-state index contributed by atoms with van der Waals surface area (Å²) in [6.45, 7) is 9.81. The lowest BCUT2D eigenvalue weighted by Gasteiger charge is -2.10. The molecule has 1 aromatic carbocycles. The molecule has 2 aromatic heterocycles. The maximum atomic E-state index is 12.9. The van der Waals surface area contributed by atoms with Gasteiger partial charge in [0.05, 0.1) is 36.3 Å². The minimum Gasteiger partial charge on any atom is -0.496 e. The van der Waals surface area contributed by atoms with Crippen LogP contribution in [0.5, 0.6) is 5.75 Å². The number of nitrogens with one attached hydrogen (secondary N) is 1. The third kappa shape index (κ3) is 4.62. The molecule has 0 spiro atoms. The van der Waals surface area contributed by atoms with E-state index in [0.717, 1.165) is 5.56 Å². The Balaban J connectivity index is 1.84. The van der Waals surface area contributed by atoms with Gasteiger partial charge in [0.25, 0.3) is 0 Å². The summed E-state index contributed by atoms with van der Waals surface area (Å²) in [6.07, 6.45) is 1.75. The van der Waals surface area contributed by atoms with E-state index in [9.17, 15) is 9.59 Å². The molecule has 0 atom stereocenters. The van der Waals surface area contributed by atoms with Crippen LogP contribution in [0.4, 0.5) is 0 Å². The molecule has 0 radical (unpaired) electrons. The van der Waals surface area contributed by atoms with Crippen molar-refractivity contribution in [1.29, 1.82) is 0 Å². The first-order valence-electron chi connectivity index (χ1n) is 10.1. The van der Waals surface area contributed by atoms with Gasteiger partial charge in [0.2, 0.25) is 0 Å². The first kappa shape index (κ1) is 23.3. The van der Waals surface area contributed by atoms with Crippen LogP contribution in [0.15, 0.2) is 42.1 Å². The zero-order chi connectivity index (χ0) is 23.3. The number of aryl methyl sites for hydroxylation is 1. The fourth-order valence-electron chi connectivity index (χ4n) is 3.46. The fraction of sp³-hybridized carbons (Fsp3) is 0.304. The van der Waals surface area contributed by atoms with E-state index in [1.54, 1.807) is 34.0 Å². The molecular formula is C23H26N4O4S. The van der Waals surface area contributed by atoms with Crippen LogP contribution in [-0.2, 0) is 11.3 Å². The number of para-hydroxylation sites is 1. The predicted octanol–water partition coefficient (Wildman–Crippen LogP) is 4.24. The minimum absolute atomic E-state index is 0.129. The monoisotopic (exact) mass is 454 g/mol. The molecule has 0 unspecified atom stereocenters. The first-order chi connectivity index (χ1) is 15.4. The highest BCUT2D eigenvalue weighted by molar-refractivity contribution is 7.99. The average Bonchev–Trinajstić information content (AvgIpc) is 3.32. The molecule has 168 valence electrons. The number of ketones is 1. The van der Waals surface area contributed by atoms with Crippen LogP contribution in [0.2, 0.25) is 0 Å². The molecule has 0 saturated heterocycles. The highest BCUT2D eigenvalue weighted by atomic mass is 32.2. The molecule has 3 rings (SSSR count). The number of carbonyl (C=O) groups is 2. The van der Waals surface area contributed by atoms with Crippen molar-refractivity contribution >= 4 is 23.5 Å². The molecule has 0 aliphatic rings. The van der Waals surface area contributed by atoms with Crippen molar-refractivity contribution < 1.29 is 19.1 Å². The molecule has 0 bridgehead atoms. The number of rotatable bonds is 10. The van der Waals surface area contributed by atoms with Gasteiger partial charge in [-0.05, 0) is 38.5 Å². The Morgan fingerprint density at radius 3 is 2.69 bits per heavy atom. The standard InChI is InChI=1S/C23H26N4O4S/c1-6-12-27-21(16-10-8-9-11-18(16)30-5)25-26-23(27)32-13-17(28)20-14(3)19(15(4)24-20)22(29)31-7-2/h6,8-11,24H,1,7,12-13H2,2-5H3. The molecule has 0 amide bonds. The van der Waals surface area contributed by atoms with E-state index in [-0.39, 0.29) is 18.1 Å². The van der Waals surface area contributed by atoms with Gasteiger partial charge in [-0.15, -0.1) is 16.8 Å². The van der Waals surface area contributed by atoms with Crippen molar-refractivity contribution in [2.45, 2.75) is 32.5 Å².